The van der Waals surface area contributed by atoms with Crippen molar-refractivity contribution in [2.45, 2.75) is 13.8 Å². The van der Waals surface area contributed by atoms with Gasteiger partial charge < -0.3 is 0 Å². The molecule has 0 fully saturated rings. The maximum absolute atomic E-state index is 13.0. The quantitative estimate of drug-likeness (QED) is 0.519. The lowest BCUT2D eigenvalue weighted by molar-refractivity contribution is 0.262. The maximum atomic E-state index is 13.0. The first-order valence-corrected chi connectivity index (χ1v) is 9.71. The molecule has 2 aromatic carbocycles. The molecule has 0 atom stereocenters. The van der Waals surface area contributed by atoms with Gasteiger partial charge in [0.15, 0.2) is 0 Å². The monoisotopic (exact) mass is 400 g/mol. The minimum Gasteiger partial charge on any atom is -0.292 e. The maximum Gasteiger partial charge on any atom is 0.326 e. The topological polar surface area (TPSA) is 76.8 Å². The zero-order valence-corrected chi connectivity index (χ0v) is 17.5. The SMILES string of the molecule is Cc1nn(C)c(NC(=O)Nc2c(-c3ccccc3)c(C)nn2C)c1-c1ccccc1. The summed E-state index contributed by atoms with van der Waals surface area (Å²) < 4.78 is 3.37. The molecule has 0 spiro atoms. The first kappa shape index (κ1) is 19.4. The lowest BCUT2D eigenvalue weighted by atomic mass is 10.1. The van der Waals surface area contributed by atoms with E-state index in [0.717, 1.165) is 33.6 Å². The Bertz CT molecular complexity index is 1100. The second-order valence-corrected chi connectivity index (χ2v) is 7.18. The van der Waals surface area contributed by atoms with Gasteiger partial charge in [0, 0.05) is 25.2 Å². The number of anilines is 2. The summed E-state index contributed by atoms with van der Waals surface area (Å²) in [7, 11) is 3.64. The van der Waals surface area contributed by atoms with Crippen molar-refractivity contribution in [3.05, 3.63) is 72.1 Å². The molecule has 7 heteroatoms. The van der Waals surface area contributed by atoms with Crippen molar-refractivity contribution in [1.29, 1.82) is 0 Å². The molecule has 7 nitrogen and oxygen atoms in total. The number of rotatable bonds is 4. The summed E-state index contributed by atoms with van der Waals surface area (Å²) in [6, 6.07) is 19.5. The highest BCUT2D eigenvalue weighted by Crippen LogP contribution is 2.33. The number of carbonyl (C=O) groups excluding carboxylic acids is 1. The van der Waals surface area contributed by atoms with Crippen LogP contribution < -0.4 is 10.6 Å². The van der Waals surface area contributed by atoms with Crippen molar-refractivity contribution < 1.29 is 4.79 Å². The Morgan fingerprint density at radius 3 is 1.43 bits per heavy atom. The molecule has 0 aliphatic heterocycles. The van der Waals surface area contributed by atoms with Gasteiger partial charge >= 0.3 is 6.03 Å². The highest BCUT2D eigenvalue weighted by Gasteiger charge is 2.20. The van der Waals surface area contributed by atoms with E-state index in [1.54, 1.807) is 9.36 Å². The first-order valence-electron chi connectivity index (χ1n) is 9.71. The number of nitrogens with one attached hydrogen (secondary N) is 2. The molecular weight excluding hydrogens is 376 g/mol. The number of hydrogen-bond donors (Lipinski definition) is 2. The van der Waals surface area contributed by atoms with Crippen LogP contribution in [0.1, 0.15) is 11.4 Å². The molecule has 0 saturated heterocycles. The molecule has 2 N–H and O–H groups in total. The molecular formula is C23H24N6O. The van der Waals surface area contributed by atoms with E-state index in [9.17, 15) is 4.79 Å². The van der Waals surface area contributed by atoms with Crippen molar-refractivity contribution in [2.24, 2.45) is 14.1 Å². The van der Waals surface area contributed by atoms with Crippen LogP contribution in [0.4, 0.5) is 16.4 Å². The van der Waals surface area contributed by atoms with Gasteiger partial charge in [-0.1, -0.05) is 60.7 Å². The molecule has 2 aromatic heterocycles. The normalized spacial score (nSPS) is 10.8. The van der Waals surface area contributed by atoms with Crippen molar-refractivity contribution in [3.63, 3.8) is 0 Å². The number of benzene rings is 2. The van der Waals surface area contributed by atoms with Gasteiger partial charge in [0.25, 0.3) is 0 Å². The largest absolute Gasteiger partial charge is 0.326 e. The first-order chi connectivity index (χ1) is 14.5. The summed E-state index contributed by atoms with van der Waals surface area (Å²) >= 11 is 0. The predicted octanol–water partition coefficient (Wildman–Crippen LogP) is 4.75. The van der Waals surface area contributed by atoms with E-state index in [4.69, 9.17) is 0 Å². The van der Waals surface area contributed by atoms with Crippen LogP contribution in [0, 0.1) is 13.8 Å². The number of urea groups is 1. The van der Waals surface area contributed by atoms with Crippen LogP contribution in [-0.4, -0.2) is 25.6 Å². The van der Waals surface area contributed by atoms with E-state index in [2.05, 4.69) is 20.8 Å². The zero-order chi connectivity index (χ0) is 21.3. The Balaban J connectivity index is 1.65. The molecule has 4 rings (SSSR count). The van der Waals surface area contributed by atoms with Crippen molar-refractivity contribution in [3.8, 4) is 22.3 Å². The van der Waals surface area contributed by atoms with E-state index < -0.39 is 0 Å². The summed E-state index contributed by atoms with van der Waals surface area (Å²) in [6.45, 7) is 3.87. The van der Waals surface area contributed by atoms with E-state index in [1.165, 1.54) is 0 Å². The van der Waals surface area contributed by atoms with Crippen molar-refractivity contribution >= 4 is 17.7 Å². The molecule has 4 aromatic rings. The third kappa shape index (κ3) is 3.57. The number of nitrogens with zero attached hydrogens (tertiary/aromatic N) is 4. The van der Waals surface area contributed by atoms with Gasteiger partial charge in [0.05, 0.1) is 11.4 Å². The predicted molar refractivity (Wildman–Crippen MR) is 119 cm³/mol. The van der Waals surface area contributed by atoms with Gasteiger partial charge in [-0.3, -0.25) is 20.0 Å². The fourth-order valence-corrected chi connectivity index (χ4v) is 3.75. The second kappa shape index (κ2) is 7.87. The summed E-state index contributed by atoms with van der Waals surface area (Å²) in [6.07, 6.45) is 0. The Labute approximate surface area is 175 Å². The van der Waals surface area contributed by atoms with Crippen molar-refractivity contribution in [2.75, 3.05) is 10.6 Å². The van der Waals surface area contributed by atoms with Crippen LogP contribution in [0.3, 0.4) is 0 Å². The Hall–Kier alpha value is -3.87. The number of hydrogen-bond acceptors (Lipinski definition) is 3. The van der Waals surface area contributed by atoms with E-state index in [0.29, 0.717) is 11.6 Å². The Kier molecular flexibility index (Phi) is 5.10. The fourth-order valence-electron chi connectivity index (χ4n) is 3.75. The summed E-state index contributed by atoms with van der Waals surface area (Å²) in [5.74, 6) is 1.27. The average molecular weight is 400 g/mol. The molecule has 2 amide bonds. The molecule has 0 aliphatic carbocycles. The molecule has 2 heterocycles. The number of aromatic nitrogens is 4. The van der Waals surface area contributed by atoms with E-state index >= 15 is 0 Å². The molecule has 0 radical (unpaired) electrons. The van der Waals surface area contributed by atoms with Gasteiger partial charge in [-0.2, -0.15) is 10.2 Å². The Morgan fingerprint density at radius 2 is 1.07 bits per heavy atom. The molecule has 0 unspecified atom stereocenters. The smallest absolute Gasteiger partial charge is 0.292 e. The van der Waals surface area contributed by atoms with Crippen LogP contribution >= 0.6 is 0 Å². The zero-order valence-electron chi connectivity index (χ0n) is 17.5. The minimum atomic E-state index is -0.352. The number of amides is 2. The van der Waals surface area contributed by atoms with E-state index in [-0.39, 0.29) is 6.03 Å². The fraction of sp³-hybridized carbons (Fsp3) is 0.174. The molecule has 0 aliphatic rings. The van der Waals surface area contributed by atoms with Crippen LogP contribution in [0.2, 0.25) is 0 Å². The number of aryl methyl sites for hydroxylation is 4. The third-order valence-electron chi connectivity index (χ3n) is 5.03. The molecule has 0 saturated carbocycles. The van der Waals surface area contributed by atoms with Crippen LogP contribution in [0.15, 0.2) is 60.7 Å². The van der Waals surface area contributed by atoms with Gasteiger partial charge in [-0.25, -0.2) is 4.79 Å². The standard InChI is InChI=1S/C23H24N6O/c1-15-19(17-11-7-5-8-12-17)21(28(3)26-15)24-23(30)25-22-20(16(2)27-29(22)4)18-13-9-6-10-14-18/h5-14H,1-4H3,(H2,24,25,30). The summed E-state index contributed by atoms with van der Waals surface area (Å²) in [4.78, 5) is 13.0. The van der Waals surface area contributed by atoms with Crippen LogP contribution in [0.25, 0.3) is 22.3 Å². The summed E-state index contributed by atoms with van der Waals surface area (Å²) in [5, 5.41) is 14.9. The highest BCUT2D eigenvalue weighted by molar-refractivity contribution is 6.03. The van der Waals surface area contributed by atoms with E-state index in [1.807, 2.05) is 88.6 Å². The van der Waals surface area contributed by atoms with Gasteiger partial charge in [0.2, 0.25) is 0 Å². The van der Waals surface area contributed by atoms with Crippen LogP contribution in [-0.2, 0) is 14.1 Å². The number of carbonyl (C=O) groups is 1. The van der Waals surface area contributed by atoms with Gasteiger partial charge in [0.1, 0.15) is 11.6 Å². The minimum absolute atomic E-state index is 0.352. The van der Waals surface area contributed by atoms with Gasteiger partial charge in [-0.05, 0) is 25.0 Å². The average Bonchev–Trinajstić information content (AvgIpc) is 3.17. The molecule has 30 heavy (non-hydrogen) atoms. The summed E-state index contributed by atoms with van der Waals surface area (Å²) in [5.41, 5.74) is 5.50. The molecule has 152 valence electrons. The van der Waals surface area contributed by atoms with Gasteiger partial charge in [-0.15, -0.1) is 0 Å². The Morgan fingerprint density at radius 1 is 0.700 bits per heavy atom. The van der Waals surface area contributed by atoms with Crippen molar-refractivity contribution in [1.82, 2.24) is 19.6 Å². The highest BCUT2D eigenvalue weighted by atomic mass is 16.2. The van der Waals surface area contributed by atoms with Crippen LogP contribution in [0.5, 0.6) is 0 Å². The molecule has 0 bridgehead atoms. The third-order valence-corrected chi connectivity index (χ3v) is 5.03. The lowest BCUT2D eigenvalue weighted by Crippen LogP contribution is -2.23. The lowest BCUT2D eigenvalue weighted by Gasteiger charge is -2.12. The second-order valence-electron chi connectivity index (χ2n) is 7.18.